The molecule has 0 atom stereocenters. The van der Waals surface area contributed by atoms with Crippen molar-refractivity contribution in [3.8, 4) is 5.69 Å². The molecule has 0 aliphatic rings. The van der Waals surface area contributed by atoms with Crippen LogP contribution in [0.25, 0.3) is 5.69 Å². The lowest BCUT2D eigenvalue weighted by Gasteiger charge is -2.13. The number of halogens is 4. The van der Waals surface area contributed by atoms with Crippen LogP contribution in [0.3, 0.4) is 0 Å². The van der Waals surface area contributed by atoms with Gasteiger partial charge in [0.1, 0.15) is 11.4 Å². The molecule has 0 aliphatic heterocycles. The van der Waals surface area contributed by atoms with Gasteiger partial charge in [0, 0.05) is 11.3 Å². The van der Waals surface area contributed by atoms with Crippen LogP contribution >= 0.6 is 0 Å². The van der Waals surface area contributed by atoms with Crippen molar-refractivity contribution in [1.82, 2.24) is 9.78 Å². The zero-order valence-electron chi connectivity index (χ0n) is 16.5. The van der Waals surface area contributed by atoms with Crippen LogP contribution < -0.4 is 5.32 Å². The first-order valence-electron chi connectivity index (χ1n) is 9.12. The van der Waals surface area contributed by atoms with Gasteiger partial charge in [-0.05, 0) is 61.9 Å². The van der Waals surface area contributed by atoms with E-state index in [2.05, 4.69) is 15.2 Å². The highest BCUT2D eigenvalue weighted by molar-refractivity contribution is 6.04. The topological polar surface area (TPSA) is 73.2 Å². The predicted molar refractivity (Wildman–Crippen MR) is 104 cm³/mol. The molecule has 0 bridgehead atoms. The van der Waals surface area contributed by atoms with Crippen LogP contribution in [0.15, 0.2) is 48.7 Å². The first-order chi connectivity index (χ1) is 14.6. The summed E-state index contributed by atoms with van der Waals surface area (Å²) in [5, 5.41) is 6.29. The normalized spacial score (nSPS) is 11.3. The summed E-state index contributed by atoms with van der Waals surface area (Å²) >= 11 is 0. The highest BCUT2D eigenvalue weighted by atomic mass is 19.4. The lowest BCUT2D eigenvalue weighted by Crippen LogP contribution is -2.18. The Labute approximate surface area is 174 Å². The first kappa shape index (κ1) is 22.0. The molecule has 0 unspecified atom stereocenters. The number of nitrogens with one attached hydrogen (secondary N) is 1. The van der Waals surface area contributed by atoms with Crippen molar-refractivity contribution < 1.29 is 31.9 Å². The van der Waals surface area contributed by atoms with Crippen LogP contribution in [0.4, 0.5) is 23.2 Å². The molecule has 162 valence electrons. The fourth-order valence-corrected chi connectivity index (χ4v) is 2.89. The Morgan fingerprint density at radius 3 is 2.39 bits per heavy atom. The molecule has 0 saturated heterocycles. The Balaban J connectivity index is 1.89. The van der Waals surface area contributed by atoms with E-state index in [-0.39, 0.29) is 17.9 Å². The molecule has 10 heteroatoms. The minimum absolute atomic E-state index is 0.00242. The number of esters is 1. The number of alkyl halides is 3. The fourth-order valence-electron chi connectivity index (χ4n) is 2.89. The number of rotatable bonds is 5. The largest absolute Gasteiger partial charge is 0.462 e. The molecule has 0 spiro atoms. The van der Waals surface area contributed by atoms with Crippen LogP contribution in [0.1, 0.15) is 38.9 Å². The van der Waals surface area contributed by atoms with Gasteiger partial charge in [-0.2, -0.15) is 18.3 Å². The molecule has 6 nitrogen and oxygen atoms in total. The molecular weight excluding hydrogens is 418 g/mol. The molecule has 0 fully saturated rings. The summed E-state index contributed by atoms with van der Waals surface area (Å²) in [6.07, 6.45) is -4.08. The SMILES string of the molecule is CCOC(=O)c1cnn(-c2ccc(C(=O)Nc3ccc(F)cc3C)cc2)c1C(F)(F)F. The Morgan fingerprint density at radius 2 is 1.81 bits per heavy atom. The number of carbonyl (C=O) groups excluding carboxylic acids is 2. The van der Waals surface area contributed by atoms with Gasteiger partial charge >= 0.3 is 12.1 Å². The van der Waals surface area contributed by atoms with Crippen LogP contribution in [0, 0.1) is 12.7 Å². The van der Waals surface area contributed by atoms with Gasteiger partial charge in [-0.25, -0.2) is 13.9 Å². The number of anilines is 1. The maximum Gasteiger partial charge on any atom is 0.434 e. The molecule has 2 aromatic carbocycles. The maximum absolute atomic E-state index is 13.6. The maximum atomic E-state index is 13.6. The number of nitrogens with zero attached hydrogens (tertiary/aromatic N) is 2. The molecule has 31 heavy (non-hydrogen) atoms. The Hall–Kier alpha value is -3.69. The lowest BCUT2D eigenvalue weighted by molar-refractivity contribution is -0.143. The predicted octanol–water partition coefficient (Wildman–Crippen LogP) is 4.77. The standard InChI is InChI=1S/C21H17F4N3O3/c1-3-31-20(30)16-11-26-28(18(16)21(23,24)25)15-7-4-13(5-8-15)19(29)27-17-9-6-14(22)10-12(17)2/h4-11H,3H2,1-2H3,(H,27,29). The number of aryl methyl sites for hydroxylation is 1. The summed E-state index contributed by atoms with van der Waals surface area (Å²) in [6.45, 7) is 3.02. The van der Waals surface area contributed by atoms with Crippen molar-refractivity contribution in [2.45, 2.75) is 20.0 Å². The lowest BCUT2D eigenvalue weighted by atomic mass is 10.1. The third-order valence-corrected chi connectivity index (χ3v) is 4.34. The quantitative estimate of drug-likeness (QED) is 0.463. The number of ether oxygens (including phenoxy) is 1. The van der Waals surface area contributed by atoms with E-state index in [0.717, 1.165) is 6.20 Å². The highest BCUT2D eigenvalue weighted by Gasteiger charge is 2.41. The van der Waals surface area contributed by atoms with Gasteiger partial charge < -0.3 is 10.1 Å². The molecular formula is C21H17F4N3O3. The number of carbonyl (C=O) groups is 2. The van der Waals surface area contributed by atoms with E-state index in [9.17, 15) is 27.2 Å². The Bertz CT molecular complexity index is 1120. The van der Waals surface area contributed by atoms with Gasteiger partial charge in [-0.1, -0.05) is 0 Å². The van der Waals surface area contributed by atoms with Crippen LogP contribution in [0.2, 0.25) is 0 Å². The third-order valence-electron chi connectivity index (χ3n) is 4.34. The van der Waals surface area contributed by atoms with E-state index >= 15 is 0 Å². The molecule has 0 aliphatic carbocycles. The number of benzene rings is 2. The first-order valence-corrected chi connectivity index (χ1v) is 9.12. The van der Waals surface area contributed by atoms with Crippen LogP contribution in [-0.4, -0.2) is 28.3 Å². The monoisotopic (exact) mass is 435 g/mol. The van der Waals surface area contributed by atoms with Gasteiger partial charge in [-0.15, -0.1) is 0 Å². The number of hydrogen-bond acceptors (Lipinski definition) is 4. The van der Waals surface area contributed by atoms with E-state index in [1.807, 2.05) is 0 Å². The average molecular weight is 435 g/mol. The van der Waals surface area contributed by atoms with E-state index < -0.39 is 35.1 Å². The number of hydrogen-bond donors (Lipinski definition) is 1. The van der Waals surface area contributed by atoms with E-state index in [4.69, 9.17) is 0 Å². The third kappa shape index (κ3) is 4.73. The molecule has 1 amide bonds. The summed E-state index contributed by atoms with van der Waals surface area (Å²) in [5.41, 5.74) is -0.895. The van der Waals surface area contributed by atoms with Crippen molar-refractivity contribution in [3.63, 3.8) is 0 Å². The van der Waals surface area contributed by atoms with Crippen molar-refractivity contribution in [2.75, 3.05) is 11.9 Å². The van der Waals surface area contributed by atoms with Crippen molar-refractivity contribution in [3.05, 3.63) is 76.9 Å². The zero-order valence-corrected chi connectivity index (χ0v) is 16.5. The minimum Gasteiger partial charge on any atom is -0.462 e. The summed E-state index contributed by atoms with van der Waals surface area (Å²) < 4.78 is 59.2. The van der Waals surface area contributed by atoms with Gasteiger partial charge in [0.25, 0.3) is 5.91 Å². The van der Waals surface area contributed by atoms with E-state index in [1.165, 1.54) is 49.4 Å². The summed E-state index contributed by atoms with van der Waals surface area (Å²) in [5.74, 6) is -2.10. The second-order valence-corrected chi connectivity index (χ2v) is 6.50. The van der Waals surface area contributed by atoms with Crippen molar-refractivity contribution in [1.29, 1.82) is 0 Å². The van der Waals surface area contributed by atoms with Crippen LogP contribution in [-0.2, 0) is 10.9 Å². The number of aromatic nitrogens is 2. The zero-order chi connectivity index (χ0) is 22.8. The second kappa shape index (κ2) is 8.58. The van der Waals surface area contributed by atoms with Gasteiger partial charge in [0.2, 0.25) is 0 Å². The second-order valence-electron chi connectivity index (χ2n) is 6.50. The molecule has 3 aromatic rings. The van der Waals surface area contributed by atoms with Gasteiger partial charge in [0.15, 0.2) is 5.69 Å². The molecule has 1 aromatic heterocycles. The van der Waals surface area contributed by atoms with Crippen LogP contribution in [0.5, 0.6) is 0 Å². The average Bonchev–Trinajstić information content (AvgIpc) is 3.16. The minimum atomic E-state index is -4.87. The van der Waals surface area contributed by atoms with Crippen molar-refractivity contribution in [2.24, 2.45) is 0 Å². The Morgan fingerprint density at radius 1 is 1.13 bits per heavy atom. The summed E-state index contributed by atoms with van der Waals surface area (Å²) in [7, 11) is 0. The summed E-state index contributed by atoms with van der Waals surface area (Å²) in [6, 6.07) is 9.03. The smallest absolute Gasteiger partial charge is 0.434 e. The molecule has 1 N–H and O–H groups in total. The molecule has 1 heterocycles. The van der Waals surface area contributed by atoms with Crippen molar-refractivity contribution >= 4 is 17.6 Å². The Kier molecular flexibility index (Phi) is 6.09. The van der Waals surface area contributed by atoms with E-state index in [1.54, 1.807) is 6.92 Å². The van der Waals surface area contributed by atoms with Gasteiger partial charge in [-0.3, -0.25) is 4.79 Å². The highest BCUT2D eigenvalue weighted by Crippen LogP contribution is 2.34. The molecule has 0 saturated carbocycles. The fraction of sp³-hybridized carbons (Fsp3) is 0.190. The van der Waals surface area contributed by atoms with Gasteiger partial charge in [0.05, 0.1) is 18.5 Å². The number of amides is 1. The van der Waals surface area contributed by atoms with E-state index in [0.29, 0.717) is 15.9 Å². The molecule has 3 rings (SSSR count). The molecule has 0 radical (unpaired) electrons. The summed E-state index contributed by atoms with van der Waals surface area (Å²) in [4.78, 5) is 24.3.